The molecule has 1 fully saturated rings. The summed E-state index contributed by atoms with van der Waals surface area (Å²) in [5, 5.41) is 0.538. The quantitative estimate of drug-likeness (QED) is 0.554. The van der Waals surface area contributed by atoms with Crippen LogP contribution in [-0.4, -0.2) is 27.2 Å². The Kier molecular flexibility index (Phi) is 5.49. The van der Waals surface area contributed by atoms with E-state index in [9.17, 15) is 14.5 Å². The Labute approximate surface area is 170 Å². The maximum absolute atomic E-state index is 12.0. The topological polar surface area (TPSA) is 112 Å². The van der Waals surface area contributed by atoms with Gasteiger partial charge in [0.1, 0.15) is 25.0 Å². The van der Waals surface area contributed by atoms with Crippen LogP contribution in [0.25, 0.3) is 0 Å². The highest BCUT2D eigenvalue weighted by atomic mass is 35.5. The average Bonchev–Trinajstić information content (AvgIpc) is 3.16. The highest BCUT2D eigenvalue weighted by Gasteiger charge is 2.51. The predicted molar refractivity (Wildman–Crippen MR) is 104 cm³/mol. The van der Waals surface area contributed by atoms with Crippen LogP contribution >= 0.6 is 19.8 Å². The van der Waals surface area contributed by atoms with Crippen molar-refractivity contribution in [2.45, 2.75) is 31.8 Å². The number of halogens is 1. The first-order chi connectivity index (χ1) is 13.9. The second kappa shape index (κ2) is 7.92. The minimum Gasteiger partial charge on any atom is -0.352 e. The summed E-state index contributed by atoms with van der Waals surface area (Å²) >= 11 is 5.93. The minimum atomic E-state index is -3.55. The maximum atomic E-state index is 12.0. The van der Waals surface area contributed by atoms with Crippen molar-refractivity contribution >= 4 is 19.8 Å². The number of ether oxygens (including phenoxy) is 1. The number of aromatic nitrogens is 2. The van der Waals surface area contributed by atoms with Crippen molar-refractivity contribution in [3.05, 3.63) is 61.4 Å². The summed E-state index contributed by atoms with van der Waals surface area (Å²) in [7, 11) is -3.55. The van der Waals surface area contributed by atoms with Crippen LogP contribution in [0, 0.1) is 12.3 Å². The number of hydrogen-bond acceptors (Lipinski definition) is 7. The van der Waals surface area contributed by atoms with Gasteiger partial charge in [-0.15, -0.1) is 15.5 Å². The Hall–Kier alpha value is -2.18. The van der Waals surface area contributed by atoms with Gasteiger partial charge in [0.05, 0.1) is 6.10 Å². The molecule has 2 N–H and O–H groups in total. The summed E-state index contributed by atoms with van der Waals surface area (Å²) in [6.45, 7) is 0.111. The van der Waals surface area contributed by atoms with E-state index in [-0.39, 0.29) is 18.8 Å². The van der Waals surface area contributed by atoms with Crippen LogP contribution in [0.4, 0.5) is 0 Å². The molecule has 29 heavy (non-hydrogen) atoms. The van der Waals surface area contributed by atoms with Crippen LogP contribution in [0.3, 0.4) is 0 Å². The second-order valence-corrected chi connectivity index (χ2v) is 8.60. The number of nitrogens with one attached hydrogen (secondary N) is 1. The van der Waals surface area contributed by atoms with Gasteiger partial charge < -0.3 is 4.74 Å². The summed E-state index contributed by atoms with van der Waals surface area (Å²) in [6, 6.07) is 4.98. The number of H-pyrrole nitrogens is 1. The standard InChI is InChI=1S/C18H16ClN2O7P/c1-2-11-8-21(18(23)20-17(11)22)16-6-4-14(27-16)10-26-29(24)25-9-12-7-13(19)3-5-15(12)28-29/h1,3,5,7-8,14,16,24H,4,6,9-10H2/p+1. The van der Waals surface area contributed by atoms with Gasteiger partial charge in [0.15, 0.2) is 5.75 Å². The summed E-state index contributed by atoms with van der Waals surface area (Å²) in [6.07, 6.45) is 6.63. The molecule has 2 aromatic rings. The molecule has 2 aliphatic heterocycles. The molecule has 1 saturated heterocycles. The van der Waals surface area contributed by atoms with Crippen molar-refractivity contribution in [3.8, 4) is 18.1 Å². The lowest BCUT2D eigenvalue weighted by Crippen LogP contribution is -2.33. The molecule has 0 amide bonds. The van der Waals surface area contributed by atoms with Gasteiger partial charge in [-0.3, -0.25) is 18.9 Å². The lowest BCUT2D eigenvalue weighted by molar-refractivity contribution is -0.0301. The van der Waals surface area contributed by atoms with Crippen LogP contribution in [0.5, 0.6) is 5.75 Å². The molecule has 0 bridgehead atoms. The zero-order valence-corrected chi connectivity index (χ0v) is 16.7. The Morgan fingerprint density at radius 2 is 2.24 bits per heavy atom. The molecule has 9 nitrogen and oxygen atoms in total. The Balaban J connectivity index is 1.39. The smallest absolute Gasteiger partial charge is 0.352 e. The average molecular weight is 440 g/mol. The number of hydrogen-bond donors (Lipinski definition) is 2. The van der Waals surface area contributed by atoms with E-state index in [1.165, 1.54) is 10.8 Å². The van der Waals surface area contributed by atoms with Crippen molar-refractivity contribution in [3.63, 3.8) is 0 Å². The Morgan fingerprint density at radius 3 is 3.03 bits per heavy atom. The molecule has 2 aliphatic rings. The molecule has 0 saturated carbocycles. The molecule has 0 aliphatic carbocycles. The highest BCUT2D eigenvalue weighted by molar-refractivity contribution is 7.55. The molecule has 11 heteroatoms. The molecule has 3 heterocycles. The first-order valence-corrected chi connectivity index (χ1v) is 10.6. The number of nitrogens with zero attached hydrogens (tertiary/aromatic N) is 1. The van der Waals surface area contributed by atoms with Crippen LogP contribution in [0.2, 0.25) is 5.02 Å². The molecule has 152 valence electrons. The molecule has 3 atom stereocenters. The lowest BCUT2D eigenvalue weighted by Gasteiger charge is -2.22. The third-order valence-corrected chi connectivity index (χ3v) is 6.15. The summed E-state index contributed by atoms with van der Waals surface area (Å²) in [4.78, 5) is 36.3. The lowest BCUT2D eigenvalue weighted by atomic mass is 10.2. The molecular formula is C18H17ClN2O7P+. The molecule has 1 aromatic carbocycles. The van der Waals surface area contributed by atoms with Crippen molar-refractivity contribution in [2.24, 2.45) is 0 Å². The number of aromatic amines is 1. The summed E-state index contributed by atoms with van der Waals surface area (Å²) < 4.78 is 23.4. The van der Waals surface area contributed by atoms with Crippen molar-refractivity contribution in [2.75, 3.05) is 6.61 Å². The Morgan fingerprint density at radius 1 is 1.41 bits per heavy atom. The first kappa shape index (κ1) is 20.1. The number of benzene rings is 1. The van der Waals surface area contributed by atoms with Gasteiger partial charge in [-0.05, 0) is 31.0 Å². The van der Waals surface area contributed by atoms with E-state index >= 15 is 0 Å². The van der Waals surface area contributed by atoms with E-state index in [2.05, 4.69) is 10.9 Å². The number of rotatable bonds is 4. The number of terminal acetylenes is 1. The van der Waals surface area contributed by atoms with Gasteiger partial charge >= 0.3 is 13.9 Å². The van der Waals surface area contributed by atoms with E-state index in [1.807, 2.05) is 0 Å². The SMILES string of the molecule is C#Cc1cn(C2CCC(CO[P+]3(O)OCc4cc(Cl)ccc4O3)O2)c(=O)[nH]c1=O. The van der Waals surface area contributed by atoms with Gasteiger partial charge in [0.2, 0.25) is 0 Å². The van der Waals surface area contributed by atoms with Gasteiger partial charge in [0.25, 0.3) is 5.56 Å². The molecule has 0 radical (unpaired) electrons. The summed E-state index contributed by atoms with van der Waals surface area (Å²) in [5.41, 5.74) is -0.478. The first-order valence-electron chi connectivity index (χ1n) is 8.73. The van der Waals surface area contributed by atoms with Crippen molar-refractivity contribution in [1.82, 2.24) is 9.55 Å². The molecule has 1 aromatic heterocycles. The van der Waals surface area contributed by atoms with Crippen LogP contribution in [0.1, 0.15) is 30.2 Å². The van der Waals surface area contributed by atoms with Gasteiger partial charge in [0, 0.05) is 16.8 Å². The fourth-order valence-corrected chi connectivity index (χ4v) is 4.57. The Bertz CT molecular complexity index is 1090. The van der Waals surface area contributed by atoms with Crippen LogP contribution < -0.4 is 15.8 Å². The molecular weight excluding hydrogens is 423 g/mol. The summed E-state index contributed by atoms with van der Waals surface area (Å²) in [5.74, 6) is 2.68. The third kappa shape index (κ3) is 4.23. The van der Waals surface area contributed by atoms with Crippen molar-refractivity contribution in [1.29, 1.82) is 0 Å². The van der Waals surface area contributed by atoms with Crippen LogP contribution in [0.15, 0.2) is 34.0 Å². The molecule has 0 spiro atoms. The normalized spacial score (nSPS) is 25.8. The zero-order valence-electron chi connectivity index (χ0n) is 15.0. The maximum Gasteiger partial charge on any atom is 0.619 e. The number of fused-ring (bicyclic) bond motifs is 1. The van der Waals surface area contributed by atoms with Gasteiger partial charge in [-0.1, -0.05) is 17.5 Å². The van der Waals surface area contributed by atoms with E-state index in [0.29, 0.717) is 29.2 Å². The molecule has 4 rings (SSSR count). The van der Waals surface area contributed by atoms with E-state index in [4.69, 9.17) is 36.3 Å². The van der Waals surface area contributed by atoms with Gasteiger partial charge in [-0.2, -0.15) is 4.89 Å². The largest absolute Gasteiger partial charge is 0.619 e. The van der Waals surface area contributed by atoms with E-state index in [0.717, 1.165) is 0 Å². The fourth-order valence-electron chi connectivity index (χ4n) is 3.11. The minimum absolute atomic E-state index is 0.00377. The zero-order chi connectivity index (χ0) is 20.6. The van der Waals surface area contributed by atoms with E-state index < -0.39 is 31.8 Å². The van der Waals surface area contributed by atoms with Crippen molar-refractivity contribution < 1.29 is 23.2 Å². The second-order valence-electron chi connectivity index (χ2n) is 6.52. The predicted octanol–water partition coefficient (Wildman–Crippen LogP) is 2.14. The molecule has 3 unspecified atom stereocenters. The fraction of sp³-hybridized carbons (Fsp3) is 0.333. The van der Waals surface area contributed by atoms with Gasteiger partial charge in [-0.25, -0.2) is 4.79 Å². The van der Waals surface area contributed by atoms with Crippen LogP contribution in [-0.2, 0) is 20.4 Å². The third-order valence-electron chi connectivity index (χ3n) is 4.56. The monoisotopic (exact) mass is 439 g/mol. The van der Waals surface area contributed by atoms with E-state index in [1.54, 1.807) is 18.2 Å². The highest BCUT2D eigenvalue weighted by Crippen LogP contribution is 2.61.